The predicted molar refractivity (Wildman–Crippen MR) is 100 cm³/mol. The van der Waals surface area contributed by atoms with Crippen molar-refractivity contribution in [2.75, 3.05) is 31.6 Å². The third-order valence-corrected chi connectivity index (χ3v) is 5.67. The fourth-order valence-corrected chi connectivity index (χ4v) is 4.01. The minimum Gasteiger partial charge on any atom is -0.495 e. The Balaban J connectivity index is 1.77. The number of carbonyl (C=O) groups excluding carboxylic acids is 2. The van der Waals surface area contributed by atoms with E-state index in [-0.39, 0.29) is 31.3 Å². The highest BCUT2D eigenvalue weighted by Gasteiger charge is 2.43. The average Bonchev–Trinajstić information content (AvgIpc) is 3.02. The first-order valence-corrected chi connectivity index (χ1v) is 9.29. The Hall–Kier alpha value is -2.28. The summed E-state index contributed by atoms with van der Waals surface area (Å²) in [4.78, 5) is 40.1. The van der Waals surface area contributed by atoms with E-state index in [0.717, 1.165) is 0 Å². The monoisotopic (exact) mass is 394 g/mol. The Morgan fingerprint density at radius 1 is 1.37 bits per heavy atom. The largest absolute Gasteiger partial charge is 0.495 e. The number of aliphatic carboxylic acids is 1. The molecule has 2 unspecified atom stereocenters. The van der Waals surface area contributed by atoms with Crippen LogP contribution in [0, 0.1) is 11.3 Å². The fourth-order valence-electron chi connectivity index (χ4n) is 3.84. The van der Waals surface area contributed by atoms with E-state index in [1.165, 1.54) is 12.0 Å². The van der Waals surface area contributed by atoms with Crippen LogP contribution in [-0.4, -0.2) is 54.5 Å². The van der Waals surface area contributed by atoms with Crippen LogP contribution < -0.4 is 9.64 Å². The number of carboxylic acids is 1. The van der Waals surface area contributed by atoms with Crippen LogP contribution in [0.4, 0.5) is 5.69 Å². The molecule has 2 aliphatic rings. The zero-order chi connectivity index (χ0) is 19.8. The third kappa shape index (κ3) is 3.74. The number of amides is 2. The number of benzene rings is 1. The summed E-state index contributed by atoms with van der Waals surface area (Å²) in [5.41, 5.74) is -0.397. The lowest BCUT2D eigenvalue weighted by Gasteiger charge is -2.38. The Labute approximate surface area is 162 Å². The second kappa shape index (κ2) is 7.38. The summed E-state index contributed by atoms with van der Waals surface area (Å²) in [6.07, 6.45) is 1.28. The van der Waals surface area contributed by atoms with Crippen LogP contribution >= 0.6 is 11.6 Å². The zero-order valence-corrected chi connectivity index (χ0v) is 16.2. The standard InChI is InChI=1S/C19H23ClN2O5/c1-19(18(25)26)6-3-7-21(11-19)17(24)12-8-16(23)22(10-12)14-9-13(20)4-5-15(14)27-2/h4-5,9,12H,3,6-8,10-11H2,1-2H3,(H,25,26). The van der Waals surface area contributed by atoms with Gasteiger partial charge in [0.2, 0.25) is 11.8 Å². The van der Waals surface area contributed by atoms with Crippen LogP contribution in [0.1, 0.15) is 26.2 Å². The summed E-state index contributed by atoms with van der Waals surface area (Å²) in [7, 11) is 1.51. The third-order valence-electron chi connectivity index (χ3n) is 5.43. The lowest BCUT2D eigenvalue weighted by Crippen LogP contribution is -2.50. The van der Waals surface area contributed by atoms with Gasteiger partial charge in [-0.05, 0) is 38.0 Å². The van der Waals surface area contributed by atoms with Gasteiger partial charge >= 0.3 is 5.97 Å². The van der Waals surface area contributed by atoms with E-state index in [4.69, 9.17) is 16.3 Å². The number of nitrogens with zero attached hydrogens (tertiary/aromatic N) is 2. The van der Waals surface area contributed by atoms with Gasteiger partial charge in [0.1, 0.15) is 5.75 Å². The highest BCUT2D eigenvalue weighted by atomic mass is 35.5. The molecule has 8 heteroatoms. The summed E-state index contributed by atoms with van der Waals surface area (Å²) in [5.74, 6) is -1.23. The molecule has 1 aromatic rings. The van der Waals surface area contributed by atoms with Gasteiger partial charge in [0, 0.05) is 31.1 Å². The maximum Gasteiger partial charge on any atom is 0.311 e. The number of rotatable bonds is 4. The molecule has 146 valence electrons. The topological polar surface area (TPSA) is 87.2 Å². The van der Waals surface area contributed by atoms with Crippen molar-refractivity contribution in [1.82, 2.24) is 4.90 Å². The number of hydrogen-bond donors (Lipinski definition) is 1. The summed E-state index contributed by atoms with van der Waals surface area (Å²) >= 11 is 6.06. The van der Waals surface area contributed by atoms with Crippen molar-refractivity contribution < 1.29 is 24.2 Å². The molecule has 27 heavy (non-hydrogen) atoms. The van der Waals surface area contributed by atoms with Crippen LogP contribution in [0.15, 0.2) is 18.2 Å². The van der Waals surface area contributed by atoms with Crippen LogP contribution in [0.25, 0.3) is 0 Å². The van der Waals surface area contributed by atoms with Crippen LogP contribution in [0.2, 0.25) is 5.02 Å². The molecule has 2 saturated heterocycles. The summed E-state index contributed by atoms with van der Waals surface area (Å²) in [6, 6.07) is 5.00. The molecule has 2 atom stereocenters. The van der Waals surface area contributed by atoms with Crippen LogP contribution in [0.3, 0.4) is 0 Å². The van der Waals surface area contributed by atoms with Gasteiger partial charge < -0.3 is 19.6 Å². The van der Waals surface area contributed by atoms with Gasteiger partial charge in [-0.3, -0.25) is 14.4 Å². The maximum absolute atomic E-state index is 13.0. The van der Waals surface area contributed by atoms with E-state index in [9.17, 15) is 19.5 Å². The molecule has 0 saturated carbocycles. The van der Waals surface area contributed by atoms with Crippen molar-refractivity contribution in [2.24, 2.45) is 11.3 Å². The van der Waals surface area contributed by atoms with E-state index in [2.05, 4.69) is 0 Å². The van der Waals surface area contributed by atoms with Gasteiger partial charge in [-0.1, -0.05) is 11.6 Å². The van der Waals surface area contributed by atoms with E-state index >= 15 is 0 Å². The van der Waals surface area contributed by atoms with E-state index in [1.54, 1.807) is 30.0 Å². The smallest absolute Gasteiger partial charge is 0.311 e. The molecule has 0 aliphatic carbocycles. The van der Waals surface area contributed by atoms with Gasteiger partial charge in [-0.25, -0.2) is 0 Å². The number of likely N-dealkylation sites (tertiary alicyclic amines) is 1. The number of anilines is 1. The molecular weight excluding hydrogens is 372 g/mol. The first-order chi connectivity index (χ1) is 12.7. The van der Waals surface area contributed by atoms with Crippen molar-refractivity contribution in [2.45, 2.75) is 26.2 Å². The number of methoxy groups -OCH3 is 1. The number of carboxylic acid groups (broad SMARTS) is 1. The predicted octanol–water partition coefficient (Wildman–Crippen LogP) is 2.41. The molecular formula is C19H23ClN2O5. The molecule has 2 fully saturated rings. The first-order valence-electron chi connectivity index (χ1n) is 8.91. The number of halogens is 1. The van der Waals surface area contributed by atoms with Crippen LogP contribution in [0.5, 0.6) is 5.75 Å². The Bertz CT molecular complexity index is 783. The number of ether oxygens (including phenoxy) is 1. The van der Waals surface area contributed by atoms with Gasteiger partial charge in [0.05, 0.1) is 24.1 Å². The van der Waals surface area contributed by atoms with Gasteiger partial charge in [-0.15, -0.1) is 0 Å². The molecule has 2 amide bonds. The SMILES string of the molecule is COc1ccc(Cl)cc1N1CC(C(=O)N2CCCC(C)(C(=O)O)C2)CC1=O. The molecule has 2 aliphatic heterocycles. The summed E-state index contributed by atoms with van der Waals surface area (Å²) in [5, 5.41) is 9.93. The fraction of sp³-hybridized carbons (Fsp3) is 0.526. The van der Waals surface area contributed by atoms with Gasteiger partial charge in [0.15, 0.2) is 0 Å². The number of hydrogen-bond acceptors (Lipinski definition) is 4. The maximum atomic E-state index is 13.0. The molecule has 0 radical (unpaired) electrons. The second-order valence-electron chi connectivity index (χ2n) is 7.45. The second-order valence-corrected chi connectivity index (χ2v) is 7.89. The zero-order valence-electron chi connectivity index (χ0n) is 15.4. The highest BCUT2D eigenvalue weighted by molar-refractivity contribution is 6.31. The van der Waals surface area contributed by atoms with Crippen molar-refractivity contribution in [3.8, 4) is 5.75 Å². The molecule has 2 heterocycles. The normalized spacial score (nSPS) is 25.6. The molecule has 7 nitrogen and oxygen atoms in total. The molecule has 1 N–H and O–H groups in total. The molecule has 3 rings (SSSR count). The van der Waals surface area contributed by atoms with Crippen molar-refractivity contribution in [3.63, 3.8) is 0 Å². The van der Waals surface area contributed by atoms with Crippen molar-refractivity contribution in [1.29, 1.82) is 0 Å². The minimum absolute atomic E-state index is 0.0921. The van der Waals surface area contributed by atoms with Crippen molar-refractivity contribution >= 4 is 35.1 Å². The first kappa shape index (κ1) is 19.5. The van der Waals surface area contributed by atoms with Crippen LogP contribution in [-0.2, 0) is 14.4 Å². The molecule has 0 aromatic heterocycles. The molecule has 1 aromatic carbocycles. The average molecular weight is 395 g/mol. The lowest BCUT2D eigenvalue weighted by molar-refractivity contribution is -0.154. The number of piperidine rings is 1. The quantitative estimate of drug-likeness (QED) is 0.847. The minimum atomic E-state index is -0.938. The number of carbonyl (C=O) groups is 3. The lowest BCUT2D eigenvalue weighted by atomic mass is 9.81. The summed E-state index contributed by atoms with van der Waals surface area (Å²) < 4.78 is 5.31. The van der Waals surface area contributed by atoms with Gasteiger partial charge in [-0.2, -0.15) is 0 Å². The molecule has 0 spiro atoms. The van der Waals surface area contributed by atoms with E-state index in [1.807, 2.05) is 0 Å². The Kier molecular flexibility index (Phi) is 5.33. The Morgan fingerprint density at radius 3 is 2.78 bits per heavy atom. The molecule has 0 bridgehead atoms. The summed E-state index contributed by atoms with van der Waals surface area (Å²) in [6.45, 7) is 2.59. The van der Waals surface area contributed by atoms with Crippen molar-refractivity contribution in [3.05, 3.63) is 23.2 Å². The van der Waals surface area contributed by atoms with E-state index in [0.29, 0.717) is 35.8 Å². The van der Waals surface area contributed by atoms with E-state index < -0.39 is 17.3 Å². The highest BCUT2D eigenvalue weighted by Crippen LogP contribution is 2.37. The Morgan fingerprint density at radius 2 is 2.11 bits per heavy atom. The van der Waals surface area contributed by atoms with Gasteiger partial charge in [0.25, 0.3) is 0 Å².